The Morgan fingerprint density at radius 1 is 1.00 bits per heavy atom. The average Bonchev–Trinajstić information content (AvgIpc) is 2.50. The molecule has 0 aromatic carbocycles. The molecule has 0 saturated heterocycles. The first-order chi connectivity index (χ1) is 9.55. The van der Waals surface area contributed by atoms with Crippen LogP contribution in [0.3, 0.4) is 0 Å². The van der Waals surface area contributed by atoms with Gasteiger partial charge in [0.1, 0.15) is 0 Å². The van der Waals surface area contributed by atoms with Crippen LogP contribution in [0.15, 0.2) is 33.9 Å². The monoisotopic (exact) mass is 277 g/mol. The largest absolute Gasteiger partial charge is 0.330 e. The first-order valence-electron chi connectivity index (χ1n) is 7.75. The fourth-order valence-electron chi connectivity index (χ4n) is 3.26. The number of hydrogen-bond acceptors (Lipinski definition) is 3. The summed E-state index contributed by atoms with van der Waals surface area (Å²) in [6.45, 7) is 10.6. The van der Waals surface area contributed by atoms with Gasteiger partial charge in [-0.3, -0.25) is 0 Å². The molecule has 0 fully saturated rings. The van der Waals surface area contributed by atoms with Crippen LogP contribution in [0.25, 0.3) is 0 Å². The third-order valence-corrected chi connectivity index (χ3v) is 4.59. The van der Waals surface area contributed by atoms with E-state index >= 15 is 0 Å². The zero-order valence-electron chi connectivity index (χ0n) is 13.5. The molecular weight excluding hydrogens is 246 g/mol. The highest BCUT2D eigenvalue weighted by Gasteiger charge is 2.31. The molecule has 2 atom stereocenters. The lowest BCUT2D eigenvalue weighted by atomic mass is 9.70. The second kappa shape index (κ2) is 7.77. The highest BCUT2D eigenvalue weighted by molar-refractivity contribution is 5.49. The van der Waals surface area contributed by atoms with Gasteiger partial charge in [0.05, 0.1) is 0 Å². The molecule has 114 valence electrons. The molecule has 2 unspecified atom stereocenters. The summed E-state index contributed by atoms with van der Waals surface area (Å²) in [7, 11) is 0. The molecule has 0 aromatic rings. The summed E-state index contributed by atoms with van der Waals surface area (Å²) in [6.07, 6.45) is 4.36. The minimum absolute atomic E-state index is 0.284. The van der Waals surface area contributed by atoms with E-state index in [0.717, 1.165) is 12.8 Å². The summed E-state index contributed by atoms with van der Waals surface area (Å²) in [5.41, 5.74) is 24.9. The molecule has 0 aromatic heterocycles. The first-order valence-corrected chi connectivity index (χ1v) is 7.75. The Morgan fingerprint density at radius 3 is 2.00 bits per heavy atom. The summed E-state index contributed by atoms with van der Waals surface area (Å²) < 4.78 is 0. The third kappa shape index (κ3) is 3.22. The average molecular weight is 277 g/mol. The second-order valence-electron chi connectivity index (χ2n) is 5.66. The van der Waals surface area contributed by atoms with E-state index in [0.29, 0.717) is 19.6 Å². The van der Waals surface area contributed by atoms with Crippen LogP contribution >= 0.6 is 0 Å². The molecule has 20 heavy (non-hydrogen) atoms. The standard InChI is InChI=1S/C17H31N3/c1-5-11(3)16-13(8-18)7-14(9-19)17(12(4)6-2)15(16)10-20/h7,13,15H,5-6,8-10,18-20H2,1-4H3. The molecular formula is C17H31N3. The fourth-order valence-corrected chi connectivity index (χ4v) is 3.26. The van der Waals surface area contributed by atoms with Gasteiger partial charge in [0.25, 0.3) is 0 Å². The van der Waals surface area contributed by atoms with Gasteiger partial charge in [0, 0.05) is 31.5 Å². The van der Waals surface area contributed by atoms with Crippen molar-refractivity contribution in [2.24, 2.45) is 29.0 Å². The SMILES string of the molecule is CCC(C)=C1C(CN)=CC(CN)C(=C(C)CC)C1CN. The number of allylic oxidation sites excluding steroid dienone is 2. The fraction of sp³-hybridized carbons (Fsp3) is 0.647. The van der Waals surface area contributed by atoms with E-state index in [2.05, 4.69) is 33.8 Å². The van der Waals surface area contributed by atoms with Crippen LogP contribution < -0.4 is 17.2 Å². The predicted octanol–water partition coefficient (Wildman–Crippen LogP) is 2.49. The van der Waals surface area contributed by atoms with Gasteiger partial charge in [0.2, 0.25) is 0 Å². The van der Waals surface area contributed by atoms with Crippen molar-refractivity contribution >= 4 is 0 Å². The molecule has 3 heteroatoms. The molecule has 0 radical (unpaired) electrons. The van der Waals surface area contributed by atoms with Crippen molar-refractivity contribution in [1.29, 1.82) is 0 Å². The molecule has 3 nitrogen and oxygen atoms in total. The van der Waals surface area contributed by atoms with Crippen molar-refractivity contribution in [2.45, 2.75) is 40.5 Å². The Labute approximate surface area is 124 Å². The van der Waals surface area contributed by atoms with E-state index in [1.165, 1.54) is 27.9 Å². The van der Waals surface area contributed by atoms with Crippen molar-refractivity contribution in [3.8, 4) is 0 Å². The number of hydrogen-bond donors (Lipinski definition) is 3. The summed E-state index contributed by atoms with van der Waals surface area (Å²) in [6, 6.07) is 0. The van der Waals surface area contributed by atoms with Gasteiger partial charge in [0.15, 0.2) is 0 Å². The molecule has 0 bridgehead atoms. The van der Waals surface area contributed by atoms with Crippen LogP contribution in [0.1, 0.15) is 40.5 Å². The predicted molar refractivity (Wildman–Crippen MR) is 88.2 cm³/mol. The molecule has 0 saturated carbocycles. The highest BCUT2D eigenvalue weighted by Crippen LogP contribution is 2.40. The third-order valence-electron chi connectivity index (χ3n) is 4.59. The van der Waals surface area contributed by atoms with Crippen LogP contribution in [0.2, 0.25) is 0 Å². The van der Waals surface area contributed by atoms with Gasteiger partial charge in [-0.1, -0.05) is 36.6 Å². The minimum Gasteiger partial charge on any atom is -0.330 e. The lowest BCUT2D eigenvalue weighted by Crippen LogP contribution is -2.33. The molecule has 0 heterocycles. The normalized spacial score (nSPS) is 28.2. The van der Waals surface area contributed by atoms with Crippen LogP contribution in [0.4, 0.5) is 0 Å². The van der Waals surface area contributed by atoms with E-state index in [1.54, 1.807) is 0 Å². The Balaban J connectivity index is 3.54. The van der Waals surface area contributed by atoms with Gasteiger partial charge in [-0.05, 0) is 37.8 Å². The molecule has 1 rings (SSSR count). The van der Waals surface area contributed by atoms with Crippen LogP contribution in [-0.4, -0.2) is 19.6 Å². The first kappa shape index (κ1) is 17.2. The van der Waals surface area contributed by atoms with Crippen LogP contribution in [-0.2, 0) is 0 Å². The maximum Gasteiger partial charge on any atom is 0.0182 e. The van der Waals surface area contributed by atoms with Crippen molar-refractivity contribution in [3.05, 3.63) is 33.9 Å². The lowest BCUT2D eigenvalue weighted by molar-refractivity contribution is 0.577. The molecule has 0 spiro atoms. The Kier molecular flexibility index (Phi) is 6.66. The van der Waals surface area contributed by atoms with Gasteiger partial charge in [-0.15, -0.1) is 0 Å². The van der Waals surface area contributed by atoms with Gasteiger partial charge in [-0.2, -0.15) is 0 Å². The molecule has 6 N–H and O–H groups in total. The van der Waals surface area contributed by atoms with Crippen molar-refractivity contribution in [2.75, 3.05) is 19.6 Å². The van der Waals surface area contributed by atoms with E-state index in [4.69, 9.17) is 17.2 Å². The minimum atomic E-state index is 0.284. The van der Waals surface area contributed by atoms with Crippen molar-refractivity contribution < 1.29 is 0 Å². The van der Waals surface area contributed by atoms with Gasteiger partial charge >= 0.3 is 0 Å². The van der Waals surface area contributed by atoms with E-state index in [9.17, 15) is 0 Å². The summed E-state index contributed by atoms with van der Waals surface area (Å²) in [5, 5.41) is 0. The summed E-state index contributed by atoms with van der Waals surface area (Å²) in [4.78, 5) is 0. The molecule has 0 amide bonds. The Morgan fingerprint density at radius 2 is 1.60 bits per heavy atom. The maximum absolute atomic E-state index is 6.13. The maximum atomic E-state index is 6.13. The van der Waals surface area contributed by atoms with E-state index in [-0.39, 0.29) is 11.8 Å². The summed E-state index contributed by atoms with van der Waals surface area (Å²) >= 11 is 0. The molecule has 0 aliphatic heterocycles. The zero-order chi connectivity index (χ0) is 15.3. The highest BCUT2D eigenvalue weighted by atomic mass is 14.6. The van der Waals surface area contributed by atoms with Crippen molar-refractivity contribution in [3.63, 3.8) is 0 Å². The number of rotatable bonds is 5. The van der Waals surface area contributed by atoms with E-state index < -0.39 is 0 Å². The molecule has 1 aliphatic rings. The van der Waals surface area contributed by atoms with Crippen LogP contribution in [0.5, 0.6) is 0 Å². The zero-order valence-corrected chi connectivity index (χ0v) is 13.5. The quantitative estimate of drug-likeness (QED) is 0.676. The lowest BCUT2D eigenvalue weighted by Gasteiger charge is -2.36. The smallest absolute Gasteiger partial charge is 0.0182 e. The van der Waals surface area contributed by atoms with Crippen LogP contribution in [0, 0.1) is 11.8 Å². The van der Waals surface area contributed by atoms with Crippen molar-refractivity contribution in [1.82, 2.24) is 0 Å². The number of nitrogens with two attached hydrogens (primary N) is 3. The Bertz CT molecular complexity index is 430. The van der Waals surface area contributed by atoms with Gasteiger partial charge < -0.3 is 17.2 Å². The van der Waals surface area contributed by atoms with Gasteiger partial charge in [-0.25, -0.2) is 0 Å². The molecule has 1 aliphatic carbocycles. The topological polar surface area (TPSA) is 78.1 Å². The van der Waals surface area contributed by atoms with E-state index in [1.807, 2.05) is 0 Å². The second-order valence-corrected chi connectivity index (χ2v) is 5.66. The Hall–Kier alpha value is -0.900. The summed E-state index contributed by atoms with van der Waals surface area (Å²) in [5.74, 6) is 0.572.